The zero-order chi connectivity index (χ0) is 10.7. The van der Waals surface area contributed by atoms with Crippen LogP contribution in [0.25, 0.3) is 0 Å². The maximum absolute atomic E-state index is 5.79. The SMILES string of the molecule is Cc1nc(CN2CCCCC2CN)cs1. The van der Waals surface area contributed by atoms with Gasteiger partial charge >= 0.3 is 0 Å². The first kappa shape index (κ1) is 11.0. The van der Waals surface area contributed by atoms with Crippen molar-refractivity contribution in [1.29, 1.82) is 0 Å². The van der Waals surface area contributed by atoms with Crippen LogP contribution in [0.5, 0.6) is 0 Å². The van der Waals surface area contributed by atoms with Crippen LogP contribution in [-0.4, -0.2) is 29.0 Å². The van der Waals surface area contributed by atoms with E-state index in [1.165, 1.54) is 31.5 Å². The van der Waals surface area contributed by atoms with Crippen molar-refractivity contribution in [2.24, 2.45) is 5.73 Å². The van der Waals surface area contributed by atoms with E-state index in [2.05, 4.69) is 22.2 Å². The largest absolute Gasteiger partial charge is 0.329 e. The lowest BCUT2D eigenvalue weighted by Crippen LogP contribution is -2.43. The fraction of sp³-hybridized carbons (Fsp3) is 0.727. The molecule has 1 aliphatic heterocycles. The maximum Gasteiger partial charge on any atom is 0.0897 e. The Labute approximate surface area is 95.3 Å². The van der Waals surface area contributed by atoms with E-state index < -0.39 is 0 Å². The summed E-state index contributed by atoms with van der Waals surface area (Å²) in [5.41, 5.74) is 7.00. The molecule has 1 aromatic heterocycles. The maximum atomic E-state index is 5.79. The number of nitrogens with zero attached hydrogens (tertiary/aromatic N) is 2. The molecule has 1 aromatic rings. The van der Waals surface area contributed by atoms with Crippen molar-refractivity contribution in [2.45, 2.75) is 38.8 Å². The van der Waals surface area contributed by atoms with Crippen LogP contribution in [0, 0.1) is 6.92 Å². The molecule has 1 unspecified atom stereocenters. The van der Waals surface area contributed by atoms with Crippen LogP contribution in [0.3, 0.4) is 0 Å². The number of aromatic nitrogens is 1. The van der Waals surface area contributed by atoms with E-state index in [9.17, 15) is 0 Å². The van der Waals surface area contributed by atoms with Crippen molar-refractivity contribution in [3.8, 4) is 0 Å². The van der Waals surface area contributed by atoms with Crippen molar-refractivity contribution < 1.29 is 0 Å². The first-order valence-corrected chi connectivity index (χ1v) is 6.52. The van der Waals surface area contributed by atoms with E-state index >= 15 is 0 Å². The van der Waals surface area contributed by atoms with Gasteiger partial charge in [-0.15, -0.1) is 11.3 Å². The summed E-state index contributed by atoms with van der Waals surface area (Å²) in [7, 11) is 0. The minimum absolute atomic E-state index is 0.570. The zero-order valence-corrected chi connectivity index (χ0v) is 10.1. The third kappa shape index (κ3) is 2.77. The fourth-order valence-electron chi connectivity index (χ4n) is 2.22. The predicted octanol–water partition coefficient (Wildman–Crippen LogP) is 1.76. The van der Waals surface area contributed by atoms with Crippen molar-refractivity contribution in [2.75, 3.05) is 13.1 Å². The second-order valence-corrected chi connectivity index (χ2v) is 5.28. The number of nitrogens with two attached hydrogens (primary N) is 1. The molecule has 84 valence electrons. The van der Waals surface area contributed by atoms with E-state index in [1.807, 2.05) is 0 Å². The summed E-state index contributed by atoms with van der Waals surface area (Å²) in [6.45, 7) is 5.00. The van der Waals surface area contributed by atoms with Crippen LogP contribution in [0.15, 0.2) is 5.38 Å². The zero-order valence-electron chi connectivity index (χ0n) is 9.28. The molecule has 15 heavy (non-hydrogen) atoms. The molecule has 4 heteroatoms. The van der Waals surface area contributed by atoms with Crippen molar-refractivity contribution in [3.63, 3.8) is 0 Å². The summed E-state index contributed by atoms with van der Waals surface area (Å²) >= 11 is 1.73. The van der Waals surface area contributed by atoms with Crippen LogP contribution in [0.2, 0.25) is 0 Å². The average Bonchev–Trinajstić information content (AvgIpc) is 2.65. The molecule has 0 radical (unpaired) electrons. The molecule has 0 saturated carbocycles. The monoisotopic (exact) mass is 225 g/mol. The standard InChI is InChI=1S/C11H19N3S/c1-9-13-10(8-15-9)7-14-5-3-2-4-11(14)6-12/h8,11H,2-7,12H2,1H3. The Morgan fingerprint density at radius 3 is 3.13 bits per heavy atom. The molecule has 0 aromatic carbocycles. The molecular weight excluding hydrogens is 206 g/mol. The van der Waals surface area contributed by atoms with Crippen molar-refractivity contribution in [1.82, 2.24) is 9.88 Å². The first-order valence-electron chi connectivity index (χ1n) is 5.64. The normalized spacial score (nSPS) is 23.2. The Kier molecular flexibility index (Phi) is 3.72. The molecule has 2 N–H and O–H groups in total. The fourth-order valence-corrected chi connectivity index (χ4v) is 2.83. The Morgan fingerprint density at radius 2 is 2.47 bits per heavy atom. The highest BCUT2D eigenvalue weighted by molar-refractivity contribution is 7.09. The molecule has 0 bridgehead atoms. The van der Waals surface area contributed by atoms with E-state index in [0.717, 1.165) is 18.1 Å². The number of rotatable bonds is 3. The smallest absolute Gasteiger partial charge is 0.0897 e. The Bertz CT molecular complexity index is 311. The van der Waals surface area contributed by atoms with Gasteiger partial charge in [0, 0.05) is 24.5 Å². The van der Waals surface area contributed by atoms with E-state index in [1.54, 1.807) is 11.3 Å². The predicted molar refractivity (Wildman–Crippen MR) is 64.0 cm³/mol. The van der Waals surface area contributed by atoms with Crippen molar-refractivity contribution >= 4 is 11.3 Å². The number of hydrogen-bond donors (Lipinski definition) is 1. The number of hydrogen-bond acceptors (Lipinski definition) is 4. The highest BCUT2D eigenvalue weighted by atomic mass is 32.1. The lowest BCUT2D eigenvalue weighted by molar-refractivity contribution is 0.143. The molecule has 1 aliphatic rings. The van der Waals surface area contributed by atoms with Gasteiger partial charge in [0.25, 0.3) is 0 Å². The molecule has 2 heterocycles. The third-order valence-corrected chi connectivity index (χ3v) is 3.88. The average molecular weight is 225 g/mol. The quantitative estimate of drug-likeness (QED) is 0.852. The highest BCUT2D eigenvalue weighted by Gasteiger charge is 2.21. The van der Waals surface area contributed by atoms with Crippen LogP contribution < -0.4 is 5.73 Å². The lowest BCUT2D eigenvalue weighted by Gasteiger charge is -2.34. The number of piperidine rings is 1. The second kappa shape index (κ2) is 5.05. The van der Waals surface area contributed by atoms with Crippen LogP contribution in [0.4, 0.5) is 0 Å². The van der Waals surface area contributed by atoms with Gasteiger partial charge in [-0.1, -0.05) is 6.42 Å². The van der Waals surface area contributed by atoms with Gasteiger partial charge in [-0.3, -0.25) is 4.90 Å². The number of thiazole rings is 1. The van der Waals surface area contributed by atoms with Crippen molar-refractivity contribution in [3.05, 3.63) is 16.1 Å². The molecule has 1 atom stereocenters. The van der Waals surface area contributed by atoms with Gasteiger partial charge < -0.3 is 5.73 Å². The first-order chi connectivity index (χ1) is 7.29. The van der Waals surface area contributed by atoms with E-state index in [-0.39, 0.29) is 0 Å². The van der Waals surface area contributed by atoms with Gasteiger partial charge in [0.15, 0.2) is 0 Å². The van der Waals surface area contributed by atoms with E-state index in [4.69, 9.17) is 5.73 Å². The van der Waals surface area contributed by atoms with Crippen LogP contribution >= 0.6 is 11.3 Å². The Hall–Kier alpha value is -0.450. The van der Waals surface area contributed by atoms with Gasteiger partial charge in [0.05, 0.1) is 10.7 Å². The van der Waals surface area contributed by atoms with E-state index in [0.29, 0.717) is 6.04 Å². The summed E-state index contributed by atoms with van der Waals surface area (Å²) < 4.78 is 0. The summed E-state index contributed by atoms with van der Waals surface area (Å²) in [6.07, 6.45) is 3.88. The summed E-state index contributed by atoms with van der Waals surface area (Å²) in [4.78, 5) is 6.99. The molecule has 1 fully saturated rings. The van der Waals surface area contributed by atoms with Crippen LogP contribution in [-0.2, 0) is 6.54 Å². The summed E-state index contributed by atoms with van der Waals surface area (Å²) in [5.74, 6) is 0. The van der Waals surface area contributed by atoms with Gasteiger partial charge in [0.1, 0.15) is 0 Å². The molecule has 1 saturated heterocycles. The van der Waals surface area contributed by atoms with Gasteiger partial charge in [0.2, 0.25) is 0 Å². The van der Waals surface area contributed by atoms with Gasteiger partial charge in [-0.2, -0.15) is 0 Å². The summed E-state index contributed by atoms with van der Waals surface area (Å²) in [5, 5.41) is 3.32. The molecule has 0 amide bonds. The number of likely N-dealkylation sites (tertiary alicyclic amines) is 1. The van der Waals surface area contributed by atoms with Gasteiger partial charge in [-0.25, -0.2) is 4.98 Å². The Morgan fingerprint density at radius 1 is 1.60 bits per heavy atom. The number of aryl methyl sites for hydroxylation is 1. The molecule has 0 aliphatic carbocycles. The molecule has 0 spiro atoms. The van der Waals surface area contributed by atoms with Gasteiger partial charge in [-0.05, 0) is 26.3 Å². The molecular formula is C11H19N3S. The van der Waals surface area contributed by atoms with Crippen LogP contribution in [0.1, 0.15) is 30.0 Å². The molecule has 2 rings (SSSR count). The lowest BCUT2D eigenvalue weighted by atomic mass is 10.0. The highest BCUT2D eigenvalue weighted by Crippen LogP contribution is 2.19. The topological polar surface area (TPSA) is 42.2 Å². The molecule has 3 nitrogen and oxygen atoms in total. The Balaban J connectivity index is 1.97. The minimum Gasteiger partial charge on any atom is -0.329 e. The second-order valence-electron chi connectivity index (χ2n) is 4.21. The minimum atomic E-state index is 0.570. The third-order valence-electron chi connectivity index (χ3n) is 3.05. The summed E-state index contributed by atoms with van der Waals surface area (Å²) in [6, 6.07) is 0.570.